The van der Waals surface area contributed by atoms with Gasteiger partial charge in [0.05, 0.1) is 27.7 Å². The molecule has 0 spiro atoms. The van der Waals surface area contributed by atoms with E-state index in [4.69, 9.17) is 18.5 Å². The second-order valence-corrected chi connectivity index (χ2v) is 19.6. The van der Waals surface area contributed by atoms with Crippen LogP contribution in [0.5, 0.6) is 0 Å². The van der Waals surface area contributed by atoms with E-state index in [0.717, 1.165) is 44.9 Å². The first-order valence-corrected chi connectivity index (χ1v) is 27.2. The third-order valence-electron chi connectivity index (χ3n) is 10.7. The quantitative estimate of drug-likeness (QED) is 0.0211. The summed E-state index contributed by atoms with van der Waals surface area (Å²) in [5, 5.41) is 0. The minimum absolute atomic E-state index is 0.0144. The van der Waals surface area contributed by atoms with Crippen molar-refractivity contribution in [2.45, 2.75) is 213 Å². The van der Waals surface area contributed by atoms with E-state index in [1.807, 2.05) is 27.2 Å². The van der Waals surface area contributed by atoms with Crippen molar-refractivity contribution in [1.29, 1.82) is 0 Å². The Morgan fingerprint density at radius 1 is 0.500 bits per heavy atom. The van der Waals surface area contributed by atoms with Gasteiger partial charge in [-0.2, -0.15) is 0 Å². The summed E-state index contributed by atoms with van der Waals surface area (Å²) in [6.45, 7) is 4.22. The van der Waals surface area contributed by atoms with Crippen LogP contribution in [0.3, 0.4) is 0 Å². The van der Waals surface area contributed by atoms with Gasteiger partial charge >= 0.3 is 19.8 Å². The molecular formula is C54H97NO8P+. The van der Waals surface area contributed by atoms with Crippen molar-refractivity contribution in [2.75, 3.05) is 47.5 Å². The molecule has 0 aromatic rings. The van der Waals surface area contributed by atoms with E-state index in [-0.39, 0.29) is 26.1 Å². The second kappa shape index (κ2) is 45.6. The molecule has 0 heterocycles. The predicted octanol–water partition coefficient (Wildman–Crippen LogP) is 15.4. The number of likely N-dealkylation sites (N-methyl/N-ethyl adjacent to an activating group) is 1. The summed E-state index contributed by atoms with van der Waals surface area (Å²) in [5.74, 6) is -0.904. The summed E-state index contributed by atoms with van der Waals surface area (Å²) in [5.41, 5.74) is 0. The molecule has 0 radical (unpaired) electrons. The lowest BCUT2D eigenvalue weighted by atomic mass is 10.0. The Hall–Kier alpha value is -2.55. The molecule has 64 heavy (non-hydrogen) atoms. The number of allylic oxidation sites excluding steroid dienone is 12. The van der Waals surface area contributed by atoms with Gasteiger partial charge < -0.3 is 18.9 Å². The Kier molecular flexibility index (Phi) is 43.8. The van der Waals surface area contributed by atoms with E-state index < -0.39 is 32.5 Å². The summed E-state index contributed by atoms with van der Waals surface area (Å²) in [4.78, 5) is 35.5. The van der Waals surface area contributed by atoms with Crippen LogP contribution in [0.15, 0.2) is 72.9 Å². The maximum Gasteiger partial charge on any atom is 0.472 e. The summed E-state index contributed by atoms with van der Waals surface area (Å²) >= 11 is 0. The van der Waals surface area contributed by atoms with Crippen LogP contribution in [0.2, 0.25) is 0 Å². The lowest BCUT2D eigenvalue weighted by Gasteiger charge is -2.24. The van der Waals surface area contributed by atoms with Gasteiger partial charge in [-0.3, -0.25) is 18.6 Å². The first-order valence-electron chi connectivity index (χ1n) is 25.7. The molecule has 0 fully saturated rings. The molecule has 0 aliphatic carbocycles. The first kappa shape index (κ1) is 61.5. The van der Waals surface area contributed by atoms with Crippen molar-refractivity contribution < 1.29 is 42.1 Å². The van der Waals surface area contributed by atoms with Gasteiger partial charge in [0.1, 0.15) is 19.8 Å². The lowest BCUT2D eigenvalue weighted by molar-refractivity contribution is -0.870. The molecule has 370 valence electrons. The van der Waals surface area contributed by atoms with Gasteiger partial charge in [0.25, 0.3) is 0 Å². The predicted molar refractivity (Wildman–Crippen MR) is 270 cm³/mol. The van der Waals surface area contributed by atoms with Gasteiger partial charge in [-0.05, 0) is 70.6 Å². The molecule has 0 saturated heterocycles. The van der Waals surface area contributed by atoms with Crippen molar-refractivity contribution >= 4 is 19.8 Å². The number of hydrogen-bond acceptors (Lipinski definition) is 7. The fourth-order valence-electron chi connectivity index (χ4n) is 6.76. The van der Waals surface area contributed by atoms with Crippen molar-refractivity contribution in [3.8, 4) is 0 Å². The largest absolute Gasteiger partial charge is 0.472 e. The maximum atomic E-state index is 12.7. The number of carbonyl (C=O) groups is 2. The van der Waals surface area contributed by atoms with Crippen LogP contribution in [0.25, 0.3) is 0 Å². The maximum absolute atomic E-state index is 12.7. The molecule has 0 amide bonds. The molecule has 9 nitrogen and oxygen atoms in total. The zero-order chi connectivity index (χ0) is 47.1. The molecule has 0 bridgehead atoms. The summed E-state index contributed by atoms with van der Waals surface area (Å²) < 4.78 is 34.3. The monoisotopic (exact) mass is 919 g/mol. The number of ether oxygens (including phenoxy) is 2. The van der Waals surface area contributed by atoms with Crippen molar-refractivity contribution in [3.05, 3.63) is 72.9 Å². The molecule has 2 atom stereocenters. The number of quaternary nitrogens is 1. The van der Waals surface area contributed by atoms with E-state index in [1.165, 1.54) is 116 Å². The van der Waals surface area contributed by atoms with Gasteiger partial charge in [-0.1, -0.05) is 196 Å². The number of hydrogen-bond donors (Lipinski definition) is 1. The third-order valence-corrected chi connectivity index (χ3v) is 11.7. The summed E-state index contributed by atoms with van der Waals surface area (Å²) in [7, 11) is 1.42. The number of rotatable bonds is 46. The van der Waals surface area contributed by atoms with Crippen molar-refractivity contribution in [2.24, 2.45) is 0 Å². The van der Waals surface area contributed by atoms with Crippen molar-refractivity contribution in [3.63, 3.8) is 0 Å². The second-order valence-electron chi connectivity index (χ2n) is 18.2. The molecule has 10 heteroatoms. The van der Waals surface area contributed by atoms with Crippen LogP contribution < -0.4 is 0 Å². The minimum atomic E-state index is -4.40. The fourth-order valence-corrected chi connectivity index (χ4v) is 7.50. The molecule has 0 aliphatic rings. The highest BCUT2D eigenvalue weighted by molar-refractivity contribution is 7.47. The van der Waals surface area contributed by atoms with Gasteiger partial charge in [-0.15, -0.1) is 0 Å². The minimum Gasteiger partial charge on any atom is -0.462 e. The molecule has 1 unspecified atom stereocenters. The fraction of sp³-hybridized carbons (Fsp3) is 0.741. The van der Waals surface area contributed by atoms with E-state index in [0.29, 0.717) is 30.3 Å². The number of carbonyl (C=O) groups excluding carboxylic acids is 2. The summed E-state index contributed by atoms with van der Waals surface area (Å²) in [6, 6.07) is 0. The van der Waals surface area contributed by atoms with E-state index in [1.54, 1.807) is 0 Å². The Morgan fingerprint density at radius 2 is 0.891 bits per heavy atom. The van der Waals surface area contributed by atoms with Crippen molar-refractivity contribution in [1.82, 2.24) is 0 Å². The van der Waals surface area contributed by atoms with Crippen LogP contribution >= 0.6 is 7.82 Å². The van der Waals surface area contributed by atoms with Crippen LogP contribution in [0, 0.1) is 0 Å². The first-order chi connectivity index (χ1) is 31.0. The smallest absolute Gasteiger partial charge is 0.462 e. The van der Waals surface area contributed by atoms with Gasteiger partial charge in [-0.25, -0.2) is 4.57 Å². The Bertz CT molecular complexity index is 1310. The zero-order valence-electron chi connectivity index (χ0n) is 41.7. The highest BCUT2D eigenvalue weighted by atomic mass is 31.2. The molecule has 0 rings (SSSR count). The number of phosphoric acid groups is 1. The zero-order valence-corrected chi connectivity index (χ0v) is 42.6. The molecule has 0 saturated carbocycles. The molecule has 0 aliphatic heterocycles. The number of esters is 2. The van der Waals surface area contributed by atoms with E-state index in [9.17, 15) is 19.0 Å². The third kappa shape index (κ3) is 48.9. The van der Waals surface area contributed by atoms with E-state index in [2.05, 4.69) is 80.7 Å². The molecule has 0 aromatic heterocycles. The number of unbranched alkanes of at least 4 members (excludes halogenated alkanes) is 20. The average molecular weight is 919 g/mol. The Labute approximate surface area is 393 Å². The SMILES string of the molecule is CC/C=C/C/C=C/C/C=C/C/C=C/C/C=C/CCCC(=O)O[C@@H](COC(=O)CCC/C=C/CCCCCCCCCCCCCCCCCCCC)COP(=O)(O)OCC[N+](C)(C)C. The van der Waals surface area contributed by atoms with Crippen LogP contribution in [0.4, 0.5) is 0 Å². The number of nitrogens with zero attached hydrogens (tertiary/aromatic N) is 1. The average Bonchev–Trinajstić information content (AvgIpc) is 3.25. The topological polar surface area (TPSA) is 108 Å². The van der Waals surface area contributed by atoms with Crippen LogP contribution in [0.1, 0.15) is 206 Å². The molecular weight excluding hydrogens is 822 g/mol. The Morgan fingerprint density at radius 3 is 1.34 bits per heavy atom. The van der Waals surface area contributed by atoms with Gasteiger partial charge in [0.2, 0.25) is 0 Å². The van der Waals surface area contributed by atoms with Crippen LogP contribution in [-0.2, 0) is 32.7 Å². The lowest BCUT2D eigenvalue weighted by Crippen LogP contribution is -2.37. The highest BCUT2D eigenvalue weighted by Crippen LogP contribution is 2.43. The van der Waals surface area contributed by atoms with E-state index >= 15 is 0 Å². The highest BCUT2D eigenvalue weighted by Gasteiger charge is 2.27. The molecule has 0 aromatic carbocycles. The van der Waals surface area contributed by atoms with Gasteiger partial charge in [0.15, 0.2) is 6.10 Å². The molecule has 1 N–H and O–H groups in total. The Balaban J connectivity index is 4.32. The number of phosphoric ester groups is 1. The normalized spacial score (nSPS) is 14.0. The van der Waals surface area contributed by atoms with Crippen LogP contribution in [-0.4, -0.2) is 74.9 Å². The standard InChI is InChI=1S/C54H96NO8P/c1-6-8-10-12-14-16-18-20-22-24-25-26-27-28-29-31-32-34-36-38-40-42-44-46-53(56)60-50-52(51-62-64(58,59)61-49-48-55(3,4)5)63-54(57)47-45-43-41-39-37-35-33-30-23-21-19-17-15-13-11-9-7-2/h9,11,15,17,21,23,33,35,38-41,52H,6-8,10,12-14,16,18-20,22,24-32,34,36-37,42-51H2,1-5H3/p+1/b11-9+,17-15+,23-21+,35-33+,40-38+,41-39+/t52-/m0/s1. The van der Waals surface area contributed by atoms with Gasteiger partial charge in [0, 0.05) is 12.8 Å². The summed E-state index contributed by atoms with van der Waals surface area (Å²) in [6.07, 6.45) is 58.4.